The maximum absolute atomic E-state index is 11.4. The van der Waals surface area contributed by atoms with Crippen molar-refractivity contribution in [2.24, 2.45) is 0 Å². The summed E-state index contributed by atoms with van der Waals surface area (Å²) in [5, 5.41) is 12.5. The van der Waals surface area contributed by atoms with E-state index >= 15 is 0 Å². The molecule has 1 aliphatic heterocycles. The maximum Gasteiger partial charge on any atom is 0.354 e. The van der Waals surface area contributed by atoms with E-state index in [4.69, 9.17) is 0 Å². The van der Waals surface area contributed by atoms with Crippen LogP contribution < -0.4 is 5.32 Å². The number of rotatable bonds is 2. The Morgan fingerprint density at radius 2 is 2.20 bits per heavy atom. The number of aromatic nitrogens is 3. The van der Waals surface area contributed by atoms with Gasteiger partial charge in [0.25, 0.3) is 0 Å². The van der Waals surface area contributed by atoms with Crippen LogP contribution in [0.15, 0.2) is 22.9 Å². The van der Waals surface area contributed by atoms with Crippen LogP contribution in [-0.2, 0) is 13.0 Å². The number of halogens is 1. The number of nitrogens with zero attached hydrogens (tertiary/aromatic N) is 3. The highest BCUT2D eigenvalue weighted by atomic mass is 79.9. The highest BCUT2D eigenvalue weighted by Gasteiger charge is 2.22. The average molecular weight is 335 g/mol. The minimum atomic E-state index is -1.02. The molecule has 0 spiro atoms. The molecule has 102 valence electrons. The van der Waals surface area contributed by atoms with Crippen LogP contribution >= 0.6 is 15.9 Å². The van der Waals surface area contributed by atoms with Crippen molar-refractivity contribution in [2.75, 3.05) is 6.54 Å². The molecule has 0 radical (unpaired) electrons. The lowest BCUT2D eigenvalue weighted by Crippen LogP contribution is -2.27. The summed E-state index contributed by atoms with van der Waals surface area (Å²) in [6, 6.07) is 1.82. The fourth-order valence-corrected chi connectivity index (χ4v) is 2.56. The van der Waals surface area contributed by atoms with Crippen LogP contribution in [0.2, 0.25) is 0 Å². The summed E-state index contributed by atoms with van der Waals surface area (Å²) in [5.41, 5.74) is 2.25. The second-order valence-electron chi connectivity index (χ2n) is 4.44. The van der Waals surface area contributed by atoms with Gasteiger partial charge in [0.15, 0.2) is 11.5 Å². The highest BCUT2D eigenvalue weighted by molar-refractivity contribution is 9.10. The smallest absolute Gasteiger partial charge is 0.354 e. The number of hydrogen-bond donors (Lipinski definition) is 2. The number of carboxylic acids is 1. The lowest BCUT2D eigenvalue weighted by Gasteiger charge is -2.18. The van der Waals surface area contributed by atoms with Crippen LogP contribution in [0.25, 0.3) is 11.4 Å². The number of hydrogen-bond acceptors (Lipinski definition) is 5. The first kappa shape index (κ1) is 13.1. The first-order chi connectivity index (χ1) is 9.65. The second-order valence-corrected chi connectivity index (χ2v) is 5.36. The molecular formula is C13H11BrN4O2. The largest absolute Gasteiger partial charge is 0.476 e. The summed E-state index contributed by atoms with van der Waals surface area (Å²) in [6.07, 6.45) is 3.91. The van der Waals surface area contributed by atoms with Gasteiger partial charge in [0.1, 0.15) is 0 Å². The van der Waals surface area contributed by atoms with E-state index in [0.29, 0.717) is 24.4 Å². The molecule has 0 amide bonds. The zero-order valence-electron chi connectivity index (χ0n) is 10.4. The van der Waals surface area contributed by atoms with Gasteiger partial charge in [-0.3, -0.25) is 4.98 Å². The third-order valence-corrected chi connectivity index (χ3v) is 3.54. The molecule has 0 saturated carbocycles. The lowest BCUT2D eigenvalue weighted by atomic mass is 10.0. The molecule has 1 aliphatic rings. The van der Waals surface area contributed by atoms with E-state index in [1.165, 1.54) is 0 Å². The summed E-state index contributed by atoms with van der Waals surface area (Å²) in [4.78, 5) is 24.1. The van der Waals surface area contributed by atoms with Crippen LogP contribution in [0.3, 0.4) is 0 Å². The van der Waals surface area contributed by atoms with Crippen LogP contribution in [0.5, 0.6) is 0 Å². The molecule has 0 aliphatic carbocycles. The van der Waals surface area contributed by atoms with Gasteiger partial charge in [-0.05, 0) is 35.0 Å². The van der Waals surface area contributed by atoms with Crippen molar-refractivity contribution in [2.45, 2.75) is 13.0 Å². The predicted octanol–water partition coefficient (Wildman–Crippen LogP) is 1.64. The van der Waals surface area contributed by atoms with Gasteiger partial charge in [-0.1, -0.05) is 0 Å². The number of aromatic carboxylic acids is 1. The minimum Gasteiger partial charge on any atom is -0.476 e. The van der Waals surface area contributed by atoms with Gasteiger partial charge >= 0.3 is 5.97 Å². The van der Waals surface area contributed by atoms with Gasteiger partial charge in [0.2, 0.25) is 0 Å². The van der Waals surface area contributed by atoms with Gasteiger partial charge in [-0.25, -0.2) is 14.8 Å². The molecule has 0 aromatic carbocycles. The standard InChI is InChI=1S/C13H11BrN4O2/c14-8-3-7(4-16-5-8)12-17-10-6-15-2-1-9(10)11(18-12)13(19)20/h3-5,15H,1-2,6H2,(H,19,20). The van der Waals surface area contributed by atoms with Crippen molar-refractivity contribution in [3.05, 3.63) is 39.9 Å². The molecule has 6 nitrogen and oxygen atoms in total. The molecule has 0 atom stereocenters. The maximum atomic E-state index is 11.4. The molecule has 0 unspecified atom stereocenters. The summed E-state index contributed by atoms with van der Waals surface area (Å²) < 4.78 is 0.798. The highest BCUT2D eigenvalue weighted by Crippen LogP contribution is 2.23. The zero-order chi connectivity index (χ0) is 14.1. The van der Waals surface area contributed by atoms with Crippen LogP contribution in [0.4, 0.5) is 0 Å². The van der Waals surface area contributed by atoms with Crippen molar-refractivity contribution in [3.8, 4) is 11.4 Å². The normalized spacial score (nSPS) is 13.8. The fraction of sp³-hybridized carbons (Fsp3) is 0.231. The van der Waals surface area contributed by atoms with Crippen LogP contribution in [0.1, 0.15) is 21.7 Å². The van der Waals surface area contributed by atoms with E-state index in [9.17, 15) is 9.90 Å². The monoisotopic (exact) mass is 334 g/mol. The van der Waals surface area contributed by atoms with Gasteiger partial charge in [0.05, 0.1) is 5.69 Å². The number of carbonyl (C=O) groups is 1. The Morgan fingerprint density at radius 3 is 2.95 bits per heavy atom. The molecule has 0 saturated heterocycles. The van der Waals surface area contributed by atoms with E-state index in [1.807, 2.05) is 6.07 Å². The molecule has 7 heteroatoms. The van der Waals surface area contributed by atoms with Crippen molar-refractivity contribution in [1.29, 1.82) is 0 Å². The van der Waals surface area contributed by atoms with E-state index in [-0.39, 0.29) is 5.69 Å². The number of fused-ring (bicyclic) bond motifs is 1. The number of pyridine rings is 1. The fourth-order valence-electron chi connectivity index (χ4n) is 2.20. The Kier molecular flexibility index (Phi) is 3.45. The number of carboxylic acid groups (broad SMARTS) is 1. The first-order valence-electron chi connectivity index (χ1n) is 6.10. The average Bonchev–Trinajstić information content (AvgIpc) is 2.46. The van der Waals surface area contributed by atoms with E-state index in [1.54, 1.807) is 12.4 Å². The van der Waals surface area contributed by atoms with Crippen LogP contribution in [0, 0.1) is 0 Å². The Morgan fingerprint density at radius 1 is 1.35 bits per heavy atom. The second kappa shape index (κ2) is 5.26. The Labute approximate surface area is 123 Å². The summed E-state index contributed by atoms with van der Waals surface area (Å²) >= 11 is 3.34. The minimum absolute atomic E-state index is 0.0893. The van der Waals surface area contributed by atoms with E-state index in [0.717, 1.165) is 22.3 Å². The molecule has 2 aromatic heterocycles. The predicted molar refractivity (Wildman–Crippen MR) is 75.3 cm³/mol. The lowest BCUT2D eigenvalue weighted by molar-refractivity contribution is 0.0688. The molecule has 3 heterocycles. The van der Waals surface area contributed by atoms with Crippen LogP contribution in [-0.4, -0.2) is 32.6 Å². The zero-order valence-corrected chi connectivity index (χ0v) is 12.0. The van der Waals surface area contributed by atoms with E-state index in [2.05, 4.69) is 36.2 Å². The molecule has 0 bridgehead atoms. The molecule has 3 rings (SSSR count). The number of nitrogens with one attached hydrogen (secondary N) is 1. The molecule has 2 aromatic rings. The van der Waals surface area contributed by atoms with Crippen molar-refractivity contribution in [3.63, 3.8) is 0 Å². The van der Waals surface area contributed by atoms with Crippen molar-refractivity contribution in [1.82, 2.24) is 20.3 Å². The Bertz CT molecular complexity index is 690. The van der Waals surface area contributed by atoms with Gasteiger partial charge in [-0.2, -0.15) is 0 Å². The Hall–Kier alpha value is -1.86. The summed E-state index contributed by atoms with van der Waals surface area (Å²) in [5.74, 6) is -0.631. The molecule has 20 heavy (non-hydrogen) atoms. The molecule has 0 fully saturated rings. The quantitative estimate of drug-likeness (QED) is 0.868. The summed E-state index contributed by atoms with van der Waals surface area (Å²) in [7, 11) is 0. The van der Waals surface area contributed by atoms with E-state index < -0.39 is 5.97 Å². The molecule has 2 N–H and O–H groups in total. The molecular weight excluding hydrogens is 324 g/mol. The van der Waals surface area contributed by atoms with Gasteiger partial charge in [-0.15, -0.1) is 0 Å². The topological polar surface area (TPSA) is 88.0 Å². The third kappa shape index (κ3) is 2.41. The third-order valence-electron chi connectivity index (χ3n) is 3.10. The Balaban J connectivity index is 2.17. The van der Waals surface area contributed by atoms with Crippen molar-refractivity contribution < 1.29 is 9.90 Å². The van der Waals surface area contributed by atoms with Crippen molar-refractivity contribution >= 4 is 21.9 Å². The van der Waals surface area contributed by atoms with Gasteiger partial charge < -0.3 is 10.4 Å². The van der Waals surface area contributed by atoms with Gasteiger partial charge in [0, 0.05) is 34.5 Å². The first-order valence-corrected chi connectivity index (χ1v) is 6.89. The SMILES string of the molecule is O=C(O)c1nc(-c2cncc(Br)c2)nc2c1CCNC2. The summed E-state index contributed by atoms with van der Waals surface area (Å²) in [6.45, 7) is 1.31.